The molecule has 0 saturated carbocycles. The van der Waals surface area contributed by atoms with E-state index in [1.807, 2.05) is 0 Å². The second-order valence-corrected chi connectivity index (χ2v) is 5.53. The highest BCUT2D eigenvalue weighted by molar-refractivity contribution is 5.94. The maximum Gasteiger partial charge on any atom is 0.0758 e. The van der Waals surface area contributed by atoms with Gasteiger partial charge < -0.3 is 15.7 Å². The van der Waals surface area contributed by atoms with Gasteiger partial charge in [-0.05, 0) is 31.7 Å². The van der Waals surface area contributed by atoms with Crippen molar-refractivity contribution in [3.8, 4) is 0 Å². The lowest BCUT2D eigenvalue weighted by molar-refractivity contribution is 0.0621. The standard InChI is InChI=1S/C17H24N2O/c1-3-19(12-11-17(2,20)13-18)16-10-6-8-14-7-4-5-9-15(14)16/h4-10,20H,3,11-13,18H2,1-2H3. The summed E-state index contributed by atoms with van der Waals surface area (Å²) in [6.45, 7) is 5.94. The minimum Gasteiger partial charge on any atom is -0.389 e. The van der Waals surface area contributed by atoms with Crippen LogP contribution in [0.15, 0.2) is 42.5 Å². The summed E-state index contributed by atoms with van der Waals surface area (Å²) < 4.78 is 0. The van der Waals surface area contributed by atoms with E-state index in [1.54, 1.807) is 6.92 Å². The molecule has 0 fully saturated rings. The third kappa shape index (κ3) is 3.30. The highest BCUT2D eigenvalue weighted by Crippen LogP contribution is 2.27. The van der Waals surface area contributed by atoms with E-state index in [-0.39, 0.29) is 0 Å². The van der Waals surface area contributed by atoms with Gasteiger partial charge in [0.15, 0.2) is 0 Å². The molecule has 0 saturated heterocycles. The van der Waals surface area contributed by atoms with Crippen LogP contribution in [0.25, 0.3) is 10.8 Å². The Morgan fingerprint density at radius 2 is 1.85 bits per heavy atom. The quantitative estimate of drug-likeness (QED) is 0.850. The Morgan fingerprint density at radius 3 is 2.55 bits per heavy atom. The number of fused-ring (bicyclic) bond motifs is 1. The van der Waals surface area contributed by atoms with Crippen LogP contribution >= 0.6 is 0 Å². The molecule has 2 aromatic carbocycles. The van der Waals surface area contributed by atoms with Crippen molar-refractivity contribution < 1.29 is 5.11 Å². The minimum atomic E-state index is -0.794. The third-order valence-electron chi connectivity index (χ3n) is 3.85. The van der Waals surface area contributed by atoms with Crippen molar-refractivity contribution >= 4 is 16.5 Å². The predicted molar refractivity (Wildman–Crippen MR) is 86.1 cm³/mol. The molecule has 0 bridgehead atoms. The number of aliphatic hydroxyl groups is 1. The van der Waals surface area contributed by atoms with Crippen LogP contribution in [0.1, 0.15) is 20.3 Å². The average molecular weight is 272 g/mol. The summed E-state index contributed by atoms with van der Waals surface area (Å²) in [6.07, 6.45) is 0.667. The van der Waals surface area contributed by atoms with Crippen molar-refractivity contribution in [2.45, 2.75) is 25.9 Å². The van der Waals surface area contributed by atoms with Gasteiger partial charge in [0.1, 0.15) is 0 Å². The first-order chi connectivity index (χ1) is 9.57. The smallest absolute Gasteiger partial charge is 0.0758 e. The van der Waals surface area contributed by atoms with E-state index in [9.17, 15) is 5.11 Å². The zero-order valence-corrected chi connectivity index (χ0v) is 12.3. The Hall–Kier alpha value is -1.58. The average Bonchev–Trinajstić information content (AvgIpc) is 2.48. The van der Waals surface area contributed by atoms with E-state index in [1.165, 1.54) is 16.5 Å². The second-order valence-electron chi connectivity index (χ2n) is 5.53. The summed E-state index contributed by atoms with van der Waals surface area (Å²) in [6, 6.07) is 14.8. The first-order valence-electron chi connectivity index (χ1n) is 7.22. The van der Waals surface area contributed by atoms with Crippen LogP contribution in [0.5, 0.6) is 0 Å². The minimum absolute atomic E-state index is 0.292. The Bertz CT molecular complexity index is 560. The molecule has 2 rings (SSSR count). The lowest BCUT2D eigenvalue weighted by Gasteiger charge is -2.29. The SMILES string of the molecule is CCN(CCC(C)(O)CN)c1cccc2ccccc12. The fourth-order valence-electron chi connectivity index (χ4n) is 2.41. The van der Waals surface area contributed by atoms with E-state index in [4.69, 9.17) is 5.73 Å². The summed E-state index contributed by atoms with van der Waals surface area (Å²) in [5.41, 5.74) is 6.02. The molecule has 0 aromatic heterocycles. The zero-order chi connectivity index (χ0) is 14.6. The number of hydrogen-bond donors (Lipinski definition) is 2. The maximum atomic E-state index is 10.1. The van der Waals surface area contributed by atoms with Gasteiger partial charge in [-0.25, -0.2) is 0 Å². The van der Waals surface area contributed by atoms with Crippen molar-refractivity contribution in [2.24, 2.45) is 5.73 Å². The predicted octanol–water partition coefficient (Wildman–Crippen LogP) is 2.77. The number of benzene rings is 2. The highest BCUT2D eigenvalue weighted by Gasteiger charge is 2.19. The van der Waals surface area contributed by atoms with Crippen LogP contribution in [0.3, 0.4) is 0 Å². The number of anilines is 1. The molecule has 2 aromatic rings. The van der Waals surface area contributed by atoms with E-state index in [2.05, 4.69) is 54.3 Å². The van der Waals surface area contributed by atoms with E-state index < -0.39 is 5.60 Å². The molecule has 0 radical (unpaired) electrons. The lowest BCUT2D eigenvalue weighted by atomic mass is 10.0. The molecule has 3 N–H and O–H groups in total. The van der Waals surface area contributed by atoms with E-state index in [0.717, 1.165) is 13.1 Å². The Balaban J connectivity index is 2.26. The number of rotatable bonds is 6. The zero-order valence-electron chi connectivity index (χ0n) is 12.3. The second kappa shape index (κ2) is 6.25. The van der Waals surface area contributed by atoms with Gasteiger partial charge in [-0.2, -0.15) is 0 Å². The monoisotopic (exact) mass is 272 g/mol. The van der Waals surface area contributed by atoms with Crippen LogP contribution in [-0.2, 0) is 0 Å². The number of hydrogen-bond acceptors (Lipinski definition) is 3. The molecule has 1 atom stereocenters. The molecule has 1 unspecified atom stereocenters. The number of nitrogens with zero attached hydrogens (tertiary/aromatic N) is 1. The first-order valence-corrected chi connectivity index (χ1v) is 7.22. The van der Waals surface area contributed by atoms with Gasteiger partial charge in [0.2, 0.25) is 0 Å². The summed E-state index contributed by atoms with van der Waals surface area (Å²) in [4.78, 5) is 2.30. The van der Waals surface area contributed by atoms with Gasteiger partial charge in [-0.15, -0.1) is 0 Å². The molecule has 0 aliphatic carbocycles. The van der Waals surface area contributed by atoms with Gasteiger partial charge >= 0.3 is 0 Å². The largest absolute Gasteiger partial charge is 0.389 e. The van der Waals surface area contributed by atoms with Crippen molar-refractivity contribution in [3.63, 3.8) is 0 Å². The molecule has 3 heteroatoms. The summed E-state index contributed by atoms with van der Waals surface area (Å²) >= 11 is 0. The molecular formula is C17H24N2O. The molecule has 108 valence electrons. The molecule has 3 nitrogen and oxygen atoms in total. The molecule has 20 heavy (non-hydrogen) atoms. The lowest BCUT2D eigenvalue weighted by Crippen LogP contribution is -2.38. The van der Waals surface area contributed by atoms with Crippen LogP contribution in [0, 0.1) is 0 Å². The van der Waals surface area contributed by atoms with Crippen LogP contribution < -0.4 is 10.6 Å². The molecule has 0 amide bonds. The Labute approximate surface area is 121 Å². The third-order valence-corrected chi connectivity index (χ3v) is 3.85. The van der Waals surface area contributed by atoms with Crippen LogP contribution in [0.2, 0.25) is 0 Å². The molecule has 0 heterocycles. The first kappa shape index (κ1) is 14.8. The number of nitrogens with two attached hydrogens (primary N) is 1. The van der Waals surface area contributed by atoms with Crippen molar-refractivity contribution in [1.82, 2.24) is 0 Å². The fourth-order valence-corrected chi connectivity index (χ4v) is 2.41. The Morgan fingerprint density at radius 1 is 1.15 bits per heavy atom. The molecular weight excluding hydrogens is 248 g/mol. The normalized spacial score (nSPS) is 14.2. The van der Waals surface area contributed by atoms with Crippen molar-refractivity contribution in [2.75, 3.05) is 24.5 Å². The summed E-state index contributed by atoms with van der Waals surface area (Å²) in [5.74, 6) is 0. The van der Waals surface area contributed by atoms with E-state index >= 15 is 0 Å². The van der Waals surface area contributed by atoms with Crippen molar-refractivity contribution in [1.29, 1.82) is 0 Å². The molecule has 0 aliphatic heterocycles. The van der Waals surface area contributed by atoms with Gasteiger partial charge in [0, 0.05) is 30.7 Å². The molecule has 0 spiro atoms. The topological polar surface area (TPSA) is 49.5 Å². The fraction of sp³-hybridized carbons (Fsp3) is 0.412. The van der Waals surface area contributed by atoms with Crippen LogP contribution in [-0.4, -0.2) is 30.3 Å². The van der Waals surface area contributed by atoms with Gasteiger partial charge in [-0.1, -0.05) is 36.4 Å². The summed E-state index contributed by atoms with van der Waals surface area (Å²) in [5, 5.41) is 12.6. The van der Waals surface area contributed by atoms with E-state index in [0.29, 0.717) is 13.0 Å². The Kier molecular flexibility index (Phi) is 4.63. The molecule has 0 aliphatic rings. The van der Waals surface area contributed by atoms with Crippen molar-refractivity contribution in [3.05, 3.63) is 42.5 Å². The highest BCUT2D eigenvalue weighted by atomic mass is 16.3. The van der Waals surface area contributed by atoms with Gasteiger partial charge in [-0.3, -0.25) is 0 Å². The maximum absolute atomic E-state index is 10.1. The van der Waals surface area contributed by atoms with Gasteiger partial charge in [0.25, 0.3) is 0 Å². The van der Waals surface area contributed by atoms with Crippen LogP contribution in [0.4, 0.5) is 5.69 Å². The summed E-state index contributed by atoms with van der Waals surface area (Å²) in [7, 11) is 0. The van der Waals surface area contributed by atoms with Gasteiger partial charge in [0.05, 0.1) is 5.60 Å².